The second kappa shape index (κ2) is 3.07. The van der Waals surface area contributed by atoms with Gasteiger partial charge in [0.1, 0.15) is 0 Å². The Kier molecular flexibility index (Phi) is 1.92. The molecule has 1 aromatic heterocycles. The van der Waals surface area contributed by atoms with Gasteiger partial charge in [-0.2, -0.15) is 0 Å². The lowest BCUT2D eigenvalue weighted by Crippen LogP contribution is -1.73. The zero-order valence-corrected chi connectivity index (χ0v) is 7.56. The van der Waals surface area contributed by atoms with Crippen LogP contribution in [0.1, 0.15) is 5.56 Å². The number of hydrogen-bond donors (Lipinski definition) is 0. The van der Waals surface area contributed by atoms with E-state index in [2.05, 4.69) is 41.7 Å². The van der Waals surface area contributed by atoms with Crippen molar-refractivity contribution in [1.29, 1.82) is 0 Å². The highest BCUT2D eigenvalue weighted by molar-refractivity contribution is 7.12. The van der Waals surface area contributed by atoms with Gasteiger partial charge < -0.3 is 0 Å². The van der Waals surface area contributed by atoms with Crippen LogP contribution in [0, 0.1) is 12.4 Å². The molecule has 59 valence electrons. The quantitative estimate of drug-likeness (QED) is 0.647. The highest BCUT2D eigenvalue weighted by Crippen LogP contribution is 2.22. The van der Waals surface area contributed by atoms with Gasteiger partial charge in [-0.3, -0.25) is 0 Å². The third-order valence-corrected chi connectivity index (χ3v) is 2.48. The van der Waals surface area contributed by atoms with Gasteiger partial charge in [0, 0.05) is 6.20 Å². The Labute approximate surface area is 75.7 Å². The number of nitrogens with zero attached hydrogens (tertiary/aromatic N) is 1. The van der Waals surface area contributed by atoms with E-state index in [0.717, 1.165) is 0 Å². The average Bonchev–Trinajstić information content (AvgIpc) is 2.58. The Bertz CT molecular complexity index is 348. The molecule has 0 saturated carbocycles. The number of aromatic nitrogens is 1. The van der Waals surface area contributed by atoms with Crippen LogP contribution in [0.2, 0.25) is 0 Å². The minimum absolute atomic E-state index is 1.18. The number of aryl methyl sites for hydroxylation is 1. The van der Waals surface area contributed by atoms with Crippen molar-refractivity contribution < 1.29 is 0 Å². The first-order valence-electron chi connectivity index (χ1n) is 3.75. The van der Waals surface area contributed by atoms with Gasteiger partial charge in [-0.25, -0.2) is 4.98 Å². The fraction of sp³-hybridized carbons (Fsp3) is 0.100. The maximum absolute atomic E-state index is 3.91. The lowest BCUT2D eigenvalue weighted by atomic mass is 10.1. The van der Waals surface area contributed by atoms with Crippen LogP contribution in [-0.4, -0.2) is 4.98 Å². The van der Waals surface area contributed by atoms with Gasteiger partial charge in [0.15, 0.2) is 5.51 Å². The summed E-state index contributed by atoms with van der Waals surface area (Å²) in [4.78, 5) is 5.09. The molecule has 0 aliphatic carbocycles. The smallest absolute Gasteiger partial charge is 0.152 e. The van der Waals surface area contributed by atoms with E-state index in [1.54, 1.807) is 11.3 Å². The summed E-state index contributed by atoms with van der Waals surface area (Å²) in [5, 5.41) is 0. The van der Waals surface area contributed by atoms with Crippen molar-refractivity contribution in [2.75, 3.05) is 0 Å². The summed E-state index contributed by atoms with van der Waals surface area (Å²) < 4.78 is 0. The molecule has 2 heteroatoms. The van der Waals surface area contributed by atoms with Gasteiger partial charge in [-0.1, -0.05) is 29.8 Å². The normalized spacial score (nSPS) is 10.1. The summed E-state index contributed by atoms with van der Waals surface area (Å²) in [5.41, 5.74) is 5.34. The molecule has 1 radical (unpaired) electrons. The molecule has 0 unspecified atom stereocenters. The van der Waals surface area contributed by atoms with E-state index in [1.807, 2.05) is 6.20 Å². The van der Waals surface area contributed by atoms with Crippen molar-refractivity contribution in [3.05, 3.63) is 41.5 Å². The summed E-state index contributed by atoms with van der Waals surface area (Å²) in [5.74, 6) is 0. The number of thiazole rings is 1. The Hall–Kier alpha value is -1.15. The van der Waals surface area contributed by atoms with Crippen LogP contribution in [0.25, 0.3) is 10.4 Å². The van der Waals surface area contributed by atoms with Crippen molar-refractivity contribution in [2.24, 2.45) is 0 Å². The Morgan fingerprint density at radius 1 is 1.25 bits per heavy atom. The maximum Gasteiger partial charge on any atom is 0.152 e. The monoisotopic (exact) mass is 174 g/mol. The van der Waals surface area contributed by atoms with Gasteiger partial charge in [0.05, 0.1) is 4.88 Å². The molecule has 2 rings (SSSR count). The number of hydrogen-bond acceptors (Lipinski definition) is 2. The van der Waals surface area contributed by atoms with Gasteiger partial charge in [0.2, 0.25) is 0 Å². The van der Waals surface area contributed by atoms with Gasteiger partial charge >= 0.3 is 0 Å². The molecule has 0 bridgehead atoms. The summed E-state index contributed by atoms with van der Waals surface area (Å²) in [6.45, 7) is 2.09. The van der Waals surface area contributed by atoms with E-state index in [-0.39, 0.29) is 0 Å². The molecule has 0 amide bonds. The second-order valence-electron chi connectivity index (χ2n) is 2.68. The minimum Gasteiger partial charge on any atom is -0.241 e. The molecular weight excluding hydrogens is 166 g/mol. The van der Waals surface area contributed by atoms with Gasteiger partial charge in [-0.15, -0.1) is 11.3 Å². The van der Waals surface area contributed by atoms with Crippen molar-refractivity contribution in [2.45, 2.75) is 6.92 Å². The highest BCUT2D eigenvalue weighted by atomic mass is 32.1. The lowest BCUT2D eigenvalue weighted by Gasteiger charge is -1.95. The summed E-state index contributed by atoms with van der Waals surface area (Å²) in [6, 6.07) is 8.43. The first-order chi connectivity index (χ1) is 5.86. The molecular formula is C10H8NS. The maximum atomic E-state index is 3.91. The van der Waals surface area contributed by atoms with E-state index in [4.69, 9.17) is 0 Å². The third-order valence-electron chi connectivity index (χ3n) is 1.73. The summed E-state index contributed by atoms with van der Waals surface area (Å²) in [6.07, 6.45) is 1.84. The molecule has 12 heavy (non-hydrogen) atoms. The van der Waals surface area contributed by atoms with E-state index in [0.29, 0.717) is 0 Å². The molecule has 0 atom stereocenters. The summed E-state index contributed by atoms with van der Waals surface area (Å²) in [7, 11) is 0. The van der Waals surface area contributed by atoms with Crippen molar-refractivity contribution in [1.82, 2.24) is 4.98 Å². The topological polar surface area (TPSA) is 12.9 Å². The standard InChI is InChI=1S/C10H8NS/c1-8-2-4-9(5-3-8)10-6-11-7-12-10/h2-6H,1H3. The van der Waals surface area contributed by atoms with Crippen molar-refractivity contribution >= 4 is 11.3 Å². The molecule has 0 saturated heterocycles. The van der Waals surface area contributed by atoms with Crippen LogP contribution in [0.15, 0.2) is 30.5 Å². The molecule has 0 fully saturated rings. The Morgan fingerprint density at radius 3 is 2.58 bits per heavy atom. The van der Waals surface area contributed by atoms with E-state index >= 15 is 0 Å². The number of rotatable bonds is 1. The van der Waals surface area contributed by atoms with Gasteiger partial charge in [0.25, 0.3) is 0 Å². The zero-order chi connectivity index (χ0) is 8.39. The van der Waals surface area contributed by atoms with E-state index < -0.39 is 0 Å². The van der Waals surface area contributed by atoms with E-state index in [1.165, 1.54) is 16.0 Å². The molecule has 1 aromatic carbocycles. The molecule has 2 aromatic rings. The molecule has 1 nitrogen and oxygen atoms in total. The Balaban J connectivity index is 2.43. The third kappa shape index (κ3) is 1.38. The largest absolute Gasteiger partial charge is 0.241 e. The van der Waals surface area contributed by atoms with Crippen LogP contribution in [0.5, 0.6) is 0 Å². The molecule has 0 N–H and O–H groups in total. The Morgan fingerprint density at radius 2 is 2.00 bits per heavy atom. The van der Waals surface area contributed by atoms with Crippen LogP contribution in [-0.2, 0) is 0 Å². The molecule has 0 spiro atoms. The first kappa shape index (κ1) is 7.50. The van der Waals surface area contributed by atoms with Crippen LogP contribution in [0.3, 0.4) is 0 Å². The highest BCUT2D eigenvalue weighted by Gasteiger charge is 1.97. The fourth-order valence-corrected chi connectivity index (χ4v) is 1.60. The predicted octanol–water partition coefficient (Wildman–Crippen LogP) is 2.92. The summed E-state index contributed by atoms with van der Waals surface area (Å²) >= 11 is 1.55. The van der Waals surface area contributed by atoms with E-state index in [9.17, 15) is 0 Å². The van der Waals surface area contributed by atoms with Crippen LogP contribution < -0.4 is 0 Å². The minimum atomic E-state index is 1.18. The van der Waals surface area contributed by atoms with Crippen LogP contribution in [0.4, 0.5) is 0 Å². The lowest BCUT2D eigenvalue weighted by molar-refractivity contribution is 1.41. The van der Waals surface area contributed by atoms with Crippen molar-refractivity contribution in [3.8, 4) is 10.4 Å². The average molecular weight is 174 g/mol. The zero-order valence-electron chi connectivity index (χ0n) is 6.74. The predicted molar refractivity (Wildman–Crippen MR) is 51.1 cm³/mol. The first-order valence-corrected chi connectivity index (χ1v) is 4.57. The SMILES string of the molecule is Cc1ccc(-c2cn[c]s2)cc1. The molecule has 0 aliphatic heterocycles. The molecule has 1 heterocycles. The van der Waals surface area contributed by atoms with Gasteiger partial charge in [-0.05, 0) is 12.5 Å². The fourth-order valence-electron chi connectivity index (χ4n) is 1.04. The second-order valence-corrected chi connectivity index (χ2v) is 3.51. The number of benzene rings is 1. The van der Waals surface area contributed by atoms with Crippen molar-refractivity contribution in [3.63, 3.8) is 0 Å². The molecule has 0 aliphatic rings. The van der Waals surface area contributed by atoms with Crippen LogP contribution >= 0.6 is 11.3 Å².